The number of methoxy groups -OCH3 is 3. The van der Waals surface area contributed by atoms with Crippen molar-refractivity contribution in [1.82, 2.24) is 15.5 Å². The number of ether oxygens (including phenoxy) is 9. The molecule has 0 saturated carbocycles. The smallest absolute Gasteiger partial charge is 0.379 e. The number of Topliss-reactive ketones (excluding diaryl/α,β-unsaturated/α-hetero) is 1. The first-order chi connectivity index (χ1) is 30.5. The van der Waals surface area contributed by atoms with Crippen molar-refractivity contribution in [3.63, 3.8) is 0 Å². The van der Waals surface area contributed by atoms with Gasteiger partial charge in [-0.15, -0.1) is 0 Å². The van der Waals surface area contributed by atoms with Crippen LogP contribution in [-0.4, -0.2) is 186 Å². The van der Waals surface area contributed by atoms with Crippen molar-refractivity contribution in [2.45, 2.75) is 44.8 Å². The number of hydrogen-bond acceptors (Lipinski definition) is 15. The molecule has 0 fully saturated rings. The summed E-state index contributed by atoms with van der Waals surface area (Å²) < 4.78 is 65.7. The lowest BCUT2D eigenvalue weighted by molar-refractivity contribution is -0.131. The van der Waals surface area contributed by atoms with Crippen LogP contribution in [0.1, 0.15) is 32.3 Å². The number of ketones is 1. The highest BCUT2D eigenvalue weighted by Crippen LogP contribution is 2.47. The molecule has 0 aliphatic rings. The zero-order valence-corrected chi connectivity index (χ0v) is 38.8. The first-order valence-corrected chi connectivity index (χ1v) is 23.1. The summed E-state index contributed by atoms with van der Waals surface area (Å²) in [6.45, 7) is 9.19. The Balaban J connectivity index is 2.21. The summed E-state index contributed by atoms with van der Waals surface area (Å²) in [5.74, 6) is -0.605. The average Bonchev–Trinajstić information content (AvgIpc) is 3.26. The van der Waals surface area contributed by atoms with Crippen LogP contribution in [-0.2, 0) is 68.0 Å². The highest BCUT2D eigenvalue weighted by atomic mass is 31.2. The number of benzene rings is 2. The number of amides is 2. The molecule has 2 aromatic rings. The van der Waals surface area contributed by atoms with Gasteiger partial charge in [0.05, 0.1) is 117 Å². The molecule has 2 unspecified atom stereocenters. The molecule has 2 amide bonds. The van der Waals surface area contributed by atoms with Crippen LogP contribution in [0, 0.1) is 0 Å². The standard InChI is InChI=1S/C44H72N3O15P/c1-36(2)63(51,52)62-41-14-12-39(13-15-41)38-10-8-37(9-11-38)33-42(44(50)46-17-20-58-29-32-61-26-23-55-5)47(34-40(48)7-6-18-56-27-30-59-24-21-53-3)35-43(49)45-16-19-57-28-31-60-25-22-54-4/h8-15,36,42H,6-7,16-35H2,1-5H3,(H,45,49)(H,46,50)(H,51,52). The molecular formula is C44H72N3O15P. The van der Waals surface area contributed by atoms with E-state index in [0.29, 0.717) is 92.3 Å². The van der Waals surface area contributed by atoms with Gasteiger partial charge in [0.1, 0.15) is 11.5 Å². The fraction of sp³-hybridized carbons (Fsp3) is 0.659. The predicted octanol–water partition coefficient (Wildman–Crippen LogP) is 3.16. The van der Waals surface area contributed by atoms with Crippen molar-refractivity contribution in [3.05, 3.63) is 54.1 Å². The van der Waals surface area contributed by atoms with Gasteiger partial charge >= 0.3 is 7.60 Å². The molecule has 0 aromatic heterocycles. The Morgan fingerprint density at radius 3 is 1.54 bits per heavy atom. The van der Waals surface area contributed by atoms with E-state index in [1.54, 1.807) is 64.3 Å². The minimum Gasteiger partial charge on any atom is -0.424 e. The highest BCUT2D eigenvalue weighted by molar-refractivity contribution is 7.53. The van der Waals surface area contributed by atoms with E-state index >= 15 is 0 Å². The number of carbonyl (C=O) groups is 3. The normalized spacial score (nSPS) is 13.0. The third kappa shape index (κ3) is 26.3. The molecule has 19 heteroatoms. The van der Waals surface area contributed by atoms with Gasteiger partial charge in [0.25, 0.3) is 0 Å². The van der Waals surface area contributed by atoms with E-state index in [4.69, 9.17) is 47.2 Å². The van der Waals surface area contributed by atoms with Crippen molar-refractivity contribution >= 4 is 25.2 Å². The summed E-state index contributed by atoms with van der Waals surface area (Å²) in [6.07, 6.45) is 0.828. The third-order valence-corrected chi connectivity index (χ3v) is 11.0. The van der Waals surface area contributed by atoms with Crippen LogP contribution in [0.15, 0.2) is 48.5 Å². The average molecular weight is 914 g/mol. The lowest BCUT2D eigenvalue weighted by Crippen LogP contribution is -2.53. The molecule has 0 aliphatic heterocycles. The molecule has 3 N–H and O–H groups in total. The summed E-state index contributed by atoms with van der Waals surface area (Å²) in [6, 6.07) is 13.6. The SMILES string of the molecule is COCCOCCOCCCC(=O)CN(CC(=O)NCCOCCOCCOC)C(Cc1ccc(-c2ccc(OP(=O)(O)C(C)C)cc2)cc1)C(=O)NCCOCCOCCOC. The van der Waals surface area contributed by atoms with Crippen molar-refractivity contribution < 1.29 is 71.0 Å². The van der Waals surface area contributed by atoms with Crippen LogP contribution >= 0.6 is 7.60 Å². The van der Waals surface area contributed by atoms with Gasteiger partial charge in [0.15, 0.2) is 0 Å². The quantitative estimate of drug-likeness (QED) is 0.0648. The predicted molar refractivity (Wildman–Crippen MR) is 237 cm³/mol. The molecule has 0 spiro atoms. The van der Waals surface area contributed by atoms with E-state index in [2.05, 4.69) is 10.6 Å². The fourth-order valence-electron chi connectivity index (χ4n) is 5.62. The summed E-state index contributed by atoms with van der Waals surface area (Å²) in [7, 11) is 0.997. The first kappa shape index (κ1) is 55.8. The van der Waals surface area contributed by atoms with Crippen LogP contribution in [0.2, 0.25) is 0 Å². The van der Waals surface area contributed by atoms with Crippen molar-refractivity contribution in [3.8, 4) is 16.9 Å². The van der Waals surface area contributed by atoms with Crippen LogP contribution in [0.3, 0.4) is 0 Å². The number of nitrogens with zero attached hydrogens (tertiary/aromatic N) is 1. The van der Waals surface area contributed by atoms with Crippen molar-refractivity contribution in [1.29, 1.82) is 0 Å². The Bertz CT molecular complexity index is 1520. The zero-order chi connectivity index (χ0) is 46.0. The minimum absolute atomic E-state index is 0.150. The van der Waals surface area contributed by atoms with Crippen LogP contribution in [0.4, 0.5) is 0 Å². The Kier molecular flexibility index (Phi) is 31.0. The molecule has 63 heavy (non-hydrogen) atoms. The first-order valence-electron chi connectivity index (χ1n) is 21.5. The Labute approximate surface area is 373 Å². The molecule has 0 radical (unpaired) electrons. The van der Waals surface area contributed by atoms with E-state index in [9.17, 15) is 23.8 Å². The maximum absolute atomic E-state index is 14.1. The van der Waals surface area contributed by atoms with Gasteiger partial charge in [-0.3, -0.25) is 19.3 Å². The van der Waals surface area contributed by atoms with Gasteiger partial charge in [-0.2, -0.15) is 0 Å². The Morgan fingerprint density at radius 2 is 1.05 bits per heavy atom. The Hall–Kier alpha value is -3.36. The molecule has 0 heterocycles. The minimum atomic E-state index is -3.80. The molecule has 2 rings (SSSR count). The second-order valence-corrected chi connectivity index (χ2v) is 16.9. The molecule has 18 nitrogen and oxygen atoms in total. The Morgan fingerprint density at radius 1 is 0.603 bits per heavy atom. The van der Waals surface area contributed by atoms with Gasteiger partial charge in [-0.1, -0.05) is 50.2 Å². The number of rotatable bonds is 40. The fourth-order valence-corrected chi connectivity index (χ4v) is 6.26. The maximum Gasteiger partial charge on any atom is 0.379 e. The third-order valence-electron chi connectivity index (χ3n) is 9.20. The van der Waals surface area contributed by atoms with Crippen LogP contribution in [0.25, 0.3) is 11.1 Å². The molecule has 0 saturated heterocycles. The summed E-state index contributed by atoms with van der Waals surface area (Å²) in [5, 5.41) is 5.78. The maximum atomic E-state index is 14.1. The molecule has 0 bridgehead atoms. The zero-order valence-electron chi connectivity index (χ0n) is 37.9. The lowest BCUT2D eigenvalue weighted by Gasteiger charge is -2.30. The summed E-state index contributed by atoms with van der Waals surface area (Å²) in [5.41, 5.74) is 1.96. The topological polar surface area (TPSA) is 208 Å². The number of carbonyl (C=O) groups excluding carboxylic acids is 3. The van der Waals surface area contributed by atoms with E-state index in [-0.39, 0.29) is 75.6 Å². The van der Waals surface area contributed by atoms with Crippen molar-refractivity contribution in [2.75, 3.05) is 147 Å². The van der Waals surface area contributed by atoms with Crippen LogP contribution in [0.5, 0.6) is 5.75 Å². The summed E-state index contributed by atoms with van der Waals surface area (Å²) in [4.78, 5) is 52.7. The lowest BCUT2D eigenvalue weighted by atomic mass is 9.99. The van der Waals surface area contributed by atoms with Crippen LogP contribution < -0.4 is 15.2 Å². The highest BCUT2D eigenvalue weighted by Gasteiger charge is 2.30. The van der Waals surface area contributed by atoms with Gasteiger partial charge in [0.2, 0.25) is 11.8 Å². The van der Waals surface area contributed by atoms with Gasteiger partial charge in [0, 0.05) is 47.4 Å². The summed E-state index contributed by atoms with van der Waals surface area (Å²) >= 11 is 0. The monoisotopic (exact) mass is 913 g/mol. The molecular weight excluding hydrogens is 841 g/mol. The second kappa shape index (κ2) is 35.0. The van der Waals surface area contributed by atoms with E-state index < -0.39 is 19.3 Å². The molecule has 2 aromatic carbocycles. The molecule has 2 atom stereocenters. The van der Waals surface area contributed by atoms with Gasteiger partial charge < -0.3 is 62.7 Å². The number of hydrogen-bond donors (Lipinski definition) is 3. The largest absolute Gasteiger partial charge is 0.424 e. The van der Waals surface area contributed by atoms with Crippen molar-refractivity contribution in [2.24, 2.45) is 0 Å². The second-order valence-electron chi connectivity index (χ2n) is 14.5. The number of nitrogens with one attached hydrogen (secondary N) is 2. The van der Waals surface area contributed by atoms with E-state index in [1.165, 1.54) is 0 Å². The van der Waals surface area contributed by atoms with Gasteiger partial charge in [-0.25, -0.2) is 4.57 Å². The molecule has 0 aliphatic carbocycles. The van der Waals surface area contributed by atoms with E-state index in [0.717, 1.165) is 16.7 Å². The van der Waals surface area contributed by atoms with E-state index in [1.807, 2.05) is 24.3 Å². The molecule has 358 valence electrons. The van der Waals surface area contributed by atoms with Gasteiger partial charge in [-0.05, 0) is 41.7 Å².